The molecule has 150 valence electrons. The highest BCUT2D eigenvalue weighted by molar-refractivity contribution is 7.15. The summed E-state index contributed by atoms with van der Waals surface area (Å²) >= 11 is 1.48. The van der Waals surface area contributed by atoms with E-state index in [1.165, 1.54) is 11.3 Å². The average Bonchev–Trinajstić information content (AvgIpc) is 3.37. The van der Waals surface area contributed by atoms with E-state index in [4.69, 9.17) is 4.42 Å². The standard InChI is InChI=1S/C20H22N6O2S/c1-13-21-17(11-18(22-13)23-20-25-24-14(2)29-20)15-5-3-9-26(12-15)19(27)8-7-16-6-4-10-28-16/h4,6-8,10-11,15H,3,5,9,12H2,1-2H3,(H,21,22,23,25). The fourth-order valence-electron chi connectivity index (χ4n) is 3.38. The molecule has 4 rings (SSSR count). The highest BCUT2D eigenvalue weighted by atomic mass is 32.1. The Labute approximate surface area is 172 Å². The summed E-state index contributed by atoms with van der Waals surface area (Å²) in [6.45, 7) is 5.16. The minimum atomic E-state index is -0.0143. The number of anilines is 2. The number of nitrogens with one attached hydrogen (secondary N) is 1. The number of hydrogen-bond acceptors (Lipinski definition) is 8. The summed E-state index contributed by atoms with van der Waals surface area (Å²) in [6, 6.07) is 5.56. The Hall–Kier alpha value is -3.07. The van der Waals surface area contributed by atoms with Crippen LogP contribution in [-0.4, -0.2) is 44.1 Å². The predicted octanol–water partition coefficient (Wildman–Crippen LogP) is 3.70. The van der Waals surface area contributed by atoms with Crippen molar-refractivity contribution in [1.29, 1.82) is 0 Å². The Morgan fingerprint density at radius 3 is 3.00 bits per heavy atom. The van der Waals surface area contributed by atoms with Gasteiger partial charge in [-0.1, -0.05) is 11.3 Å². The van der Waals surface area contributed by atoms with Crippen LogP contribution in [0.3, 0.4) is 0 Å². The molecule has 3 aromatic heterocycles. The van der Waals surface area contributed by atoms with Crippen molar-refractivity contribution in [2.75, 3.05) is 18.4 Å². The van der Waals surface area contributed by atoms with Gasteiger partial charge in [0.05, 0.1) is 12.0 Å². The van der Waals surface area contributed by atoms with E-state index in [-0.39, 0.29) is 11.8 Å². The fourth-order valence-corrected chi connectivity index (χ4v) is 3.98. The molecular formula is C20H22N6O2S. The Balaban J connectivity index is 1.46. The minimum Gasteiger partial charge on any atom is -0.465 e. The number of piperidine rings is 1. The van der Waals surface area contributed by atoms with Crippen LogP contribution >= 0.6 is 11.3 Å². The van der Waals surface area contributed by atoms with Gasteiger partial charge in [0, 0.05) is 31.1 Å². The molecule has 0 spiro atoms. The number of hydrogen-bond donors (Lipinski definition) is 1. The molecular weight excluding hydrogens is 388 g/mol. The lowest BCUT2D eigenvalue weighted by Gasteiger charge is -2.32. The van der Waals surface area contributed by atoms with E-state index in [1.54, 1.807) is 24.5 Å². The lowest BCUT2D eigenvalue weighted by Crippen LogP contribution is -2.38. The van der Waals surface area contributed by atoms with E-state index >= 15 is 0 Å². The van der Waals surface area contributed by atoms with Gasteiger partial charge >= 0.3 is 0 Å². The van der Waals surface area contributed by atoms with Gasteiger partial charge in [-0.3, -0.25) is 4.79 Å². The molecule has 0 bridgehead atoms. The molecule has 29 heavy (non-hydrogen) atoms. The van der Waals surface area contributed by atoms with E-state index in [0.29, 0.717) is 29.1 Å². The topological polar surface area (TPSA) is 97.0 Å². The van der Waals surface area contributed by atoms with Crippen molar-refractivity contribution in [3.8, 4) is 0 Å². The van der Waals surface area contributed by atoms with Crippen LogP contribution in [0.15, 0.2) is 35.0 Å². The number of rotatable bonds is 5. The maximum atomic E-state index is 12.6. The van der Waals surface area contributed by atoms with Crippen LogP contribution in [0.25, 0.3) is 6.08 Å². The molecule has 4 heterocycles. The van der Waals surface area contributed by atoms with Crippen LogP contribution in [-0.2, 0) is 4.79 Å². The summed E-state index contributed by atoms with van der Waals surface area (Å²) in [5, 5.41) is 12.9. The third kappa shape index (κ3) is 4.86. The summed E-state index contributed by atoms with van der Waals surface area (Å²) in [5.74, 6) is 2.21. The largest absolute Gasteiger partial charge is 0.465 e. The zero-order valence-corrected chi connectivity index (χ0v) is 17.1. The molecule has 8 nitrogen and oxygen atoms in total. The number of carbonyl (C=O) groups is 1. The van der Waals surface area contributed by atoms with Crippen LogP contribution in [0.2, 0.25) is 0 Å². The van der Waals surface area contributed by atoms with E-state index < -0.39 is 0 Å². The van der Waals surface area contributed by atoms with Gasteiger partial charge in [0.2, 0.25) is 11.0 Å². The monoisotopic (exact) mass is 410 g/mol. The minimum absolute atomic E-state index is 0.0143. The Kier molecular flexibility index (Phi) is 5.66. The maximum absolute atomic E-state index is 12.6. The number of furan rings is 1. The first-order valence-corrected chi connectivity index (χ1v) is 10.3. The predicted molar refractivity (Wildman–Crippen MR) is 111 cm³/mol. The van der Waals surface area contributed by atoms with Gasteiger partial charge in [-0.15, -0.1) is 10.2 Å². The molecule has 3 aromatic rings. The Morgan fingerprint density at radius 2 is 2.24 bits per heavy atom. The smallest absolute Gasteiger partial charge is 0.246 e. The number of nitrogens with zero attached hydrogens (tertiary/aromatic N) is 5. The van der Waals surface area contributed by atoms with Gasteiger partial charge in [0.15, 0.2) is 0 Å². The van der Waals surface area contributed by atoms with Crippen LogP contribution in [0.5, 0.6) is 0 Å². The Bertz CT molecular complexity index is 1010. The van der Waals surface area contributed by atoms with Crippen molar-refractivity contribution in [2.45, 2.75) is 32.6 Å². The molecule has 1 fully saturated rings. The molecule has 1 N–H and O–H groups in total. The first-order valence-electron chi connectivity index (χ1n) is 9.50. The zero-order chi connectivity index (χ0) is 20.2. The number of amides is 1. The van der Waals surface area contributed by atoms with Crippen molar-refractivity contribution < 1.29 is 9.21 Å². The van der Waals surface area contributed by atoms with Crippen molar-refractivity contribution in [3.05, 3.63) is 52.8 Å². The van der Waals surface area contributed by atoms with Crippen molar-refractivity contribution >= 4 is 34.3 Å². The van der Waals surface area contributed by atoms with Crippen LogP contribution in [0.4, 0.5) is 10.9 Å². The van der Waals surface area contributed by atoms with Crippen LogP contribution < -0.4 is 5.32 Å². The number of carbonyl (C=O) groups excluding carboxylic acids is 1. The second-order valence-electron chi connectivity index (χ2n) is 6.95. The van der Waals surface area contributed by atoms with E-state index in [0.717, 1.165) is 30.1 Å². The SMILES string of the molecule is Cc1nc(Nc2nnc(C)s2)cc(C2CCCN(C(=O)C=Cc3ccco3)C2)n1. The van der Waals surface area contributed by atoms with Crippen LogP contribution in [0, 0.1) is 13.8 Å². The molecule has 1 aliphatic heterocycles. The van der Waals surface area contributed by atoms with Gasteiger partial charge < -0.3 is 14.6 Å². The number of likely N-dealkylation sites (tertiary alicyclic amines) is 1. The summed E-state index contributed by atoms with van der Waals surface area (Å²) in [5.41, 5.74) is 0.939. The third-order valence-corrected chi connectivity index (χ3v) is 5.46. The molecule has 0 aliphatic carbocycles. The van der Waals surface area contributed by atoms with Gasteiger partial charge in [0.1, 0.15) is 22.4 Å². The fraction of sp³-hybridized carbons (Fsp3) is 0.350. The molecule has 0 aromatic carbocycles. The molecule has 1 aliphatic rings. The molecule has 1 unspecified atom stereocenters. The lowest BCUT2D eigenvalue weighted by atomic mass is 9.94. The number of aromatic nitrogens is 4. The molecule has 1 atom stereocenters. The second-order valence-corrected chi connectivity index (χ2v) is 8.13. The second kappa shape index (κ2) is 8.52. The Morgan fingerprint density at radius 1 is 1.34 bits per heavy atom. The molecule has 9 heteroatoms. The van der Waals surface area contributed by atoms with Crippen molar-refractivity contribution in [1.82, 2.24) is 25.1 Å². The number of aryl methyl sites for hydroxylation is 2. The normalized spacial score (nSPS) is 17.0. The molecule has 0 saturated carbocycles. The van der Waals surface area contributed by atoms with Gasteiger partial charge in [-0.25, -0.2) is 9.97 Å². The van der Waals surface area contributed by atoms with E-state index in [9.17, 15) is 4.79 Å². The van der Waals surface area contributed by atoms with Gasteiger partial charge in [-0.2, -0.15) is 0 Å². The van der Waals surface area contributed by atoms with Crippen molar-refractivity contribution in [2.24, 2.45) is 0 Å². The third-order valence-electron chi connectivity index (χ3n) is 4.70. The first-order chi connectivity index (χ1) is 14.1. The van der Waals surface area contributed by atoms with Crippen molar-refractivity contribution in [3.63, 3.8) is 0 Å². The first kappa shape index (κ1) is 19.3. The van der Waals surface area contributed by atoms with Crippen LogP contribution in [0.1, 0.15) is 41.0 Å². The summed E-state index contributed by atoms with van der Waals surface area (Å²) in [4.78, 5) is 23.5. The molecule has 1 amide bonds. The molecule has 1 saturated heterocycles. The maximum Gasteiger partial charge on any atom is 0.246 e. The summed E-state index contributed by atoms with van der Waals surface area (Å²) < 4.78 is 5.25. The van der Waals surface area contributed by atoms with Gasteiger partial charge in [-0.05, 0) is 44.9 Å². The van der Waals surface area contributed by atoms with Gasteiger partial charge in [0.25, 0.3) is 0 Å². The quantitative estimate of drug-likeness (QED) is 0.641. The lowest BCUT2D eigenvalue weighted by molar-refractivity contribution is -0.127. The molecule has 0 radical (unpaired) electrons. The zero-order valence-electron chi connectivity index (χ0n) is 16.3. The van der Waals surface area contributed by atoms with E-state index in [1.807, 2.05) is 30.9 Å². The summed E-state index contributed by atoms with van der Waals surface area (Å²) in [7, 11) is 0. The highest BCUT2D eigenvalue weighted by Gasteiger charge is 2.25. The van der Waals surface area contributed by atoms with E-state index in [2.05, 4.69) is 25.5 Å². The average molecular weight is 411 g/mol. The highest BCUT2D eigenvalue weighted by Crippen LogP contribution is 2.28. The summed E-state index contributed by atoms with van der Waals surface area (Å²) in [6.07, 6.45) is 6.78.